The first-order chi connectivity index (χ1) is 10.0. The maximum Gasteiger partial charge on any atom is 0.0908 e. The molecule has 123 valence electrons. The number of benzene rings is 2. The summed E-state index contributed by atoms with van der Waals surface area (Å²) < 4.78 is 0. The van der Waals surface area contributed by atoms with Gasteiger partial charge in [0.25, 0.3) is 0 Å². The molecule has 0 spiro atoms. The Labute approximate surface area is 155 Å². The van der Waals surface area contributed by atoms with Crippen molar-refractivity contribution < 1.29 is 24.3 Å². The van der Waals surface area contributed by atoms with Crippen molar-refractivity contribution >= 4 is 43.8 Å². The van der Waals surface area contributed by atoms with Gasteiger partial charge < -0.3 is 16.4 Å². The fourth-order valence-corrected chi connectivity index (χ4v) is 3.26. The summed E-state index contributed by atoms with van der Waals surface area (Å²) in [6, 6.07) is 21.4. The van der Waals surface area contributed by atoms with E-state index < -0.39 is 0 Å². The molecule has 1 nitrogen and oxygen atoms in total. The van der Waals surface area contributed by atoms with E-state index in [0.29, 0.717) is 0 Å². The maximum absolute atomic E-state index is 8.45. The van der Waals surface area contributed by atoms with Gasteiger partial charge in [0.1, 0.15) is 0 Å². The zero-order valence-electron chi connectivity index (χ0n) is 13.4. The monoisotopic (exact) mass is 444 g/mol. The van der Waals surface area contributed by atoms with Crippen LogP contribution >= 0.6 is 27.4 Å². The summed E-state index contributed by atoms with van der Waals surface area (Å²) in [5.41, 5.74) is 0. The first-order valence-electron chi connectivity index (χ1n) is 6.71. The second-order valence-electron chi connectivity index (χ2n) is 4.81. The molecule has 5 heteroatoms. The smallest absolute Gasteiger partial charge is 0.0908 e. The molecular formula is C17H24ClOP2Rh+. The Balaban J connectivity index is 0. The topological polar surface area (TPSA) is 17.1 Å². The molecule has 2 aromatic rings. The van der Waals surface area contributed by atoms with Crippen molar-refractivity contribution in [2.75, 3.05) is 26.7 Å². The number of carbonyl (C=O) groups excluding carboxylic acids is 1. The summed E-state index contributed by atoms with van der Waals surface area (Å²) in [5.74, 6) is 0.972. The Morgan fingerprint density at radius 2 is 0.955 bits per heavy atom. The van der Waals surface area contributed by atoms with Crippen molar-refractivity contribution in [2.24, 2.45) is 0 Å². The van der Waals surface area contributed by atoms with E-state index in [1.807, 2.05) is 0 Å². The third-order valence-electron chi connectivity index (χ3n) is 2.70. The number of rotatable bonds is 2. The van der Waals surface area contributed by atoms with E-state index in [-0.39, 0.29) is 35.3 Å². The first kappa shape index (κ1) is 24.1. The van der Waals surface area contributed by atoms with Crippen LogP contribution < -0.4 is 10.6 Å². The summed E-state index contributed by atoms with van der Waals surface area (Å²) in [5, 5.41) is 3.03. The van der Waals surface area contributed by atoms with Gasteiger partial charge in [-0.15, -0.1) is 0 Å². The van der Waals surface area contributed by atoms with E-state index in [4.69, 9.17) is 4.79 Å². The van der Waals surface area contributed by atoms with Gasteiger partial charge in [-0.1, -0.05) is 36.4 Å². The molecular weight excluding hydrogens is 420 g/mol. The van der Waals surface area contributed by atoms with Gasteiger partial charge in [-0.25, -0.2) is 0 Å². The fourth-order valence-electron chi connectivity index (χ4n) is 1.54. The summed E-state index contributed by atoms with van der Waals surface area (Å²) in [6.07, 6.45) is 0. The van der Waals surface area contributed by atoms with Crippen LogP contribution in [0.4, 0.5) is 0 Å². The van der Waals surface area contributed by atoms with Gasteiger partial charge in [0.15, 0.2) is 0 Å². The average molecular weight is 445 g/mol. The Bertz CT molecular complexity index is 435. The molecule has 0 aliphatic heterocycles. The van der Waals surface area contributed by atoms with E-state index >= 15 is 0 Å². The molecule has 0 amide bonds. The van der Waals surface area contributed by atoms with Gasteiger partial charge in [0, 0.05) is 35.3 Å². The van der Waals surface area contributed by atoms with Crippen molar-refractivity contribution in [3.05, 3.63) is 60.7 Å². The van der Waals surface area contributed by atoms with Crippen LogP contribution in [0.5, 0.6) is 0 Å². The van der Waals surface area contributed by atoms with Crippen molar-refractivity contribution in [2.45, 2.75) is 0 Å². The molecule has 0 fully saturated rings. The Kier molecular flexibility index (Phi) is 17.3. The van der Waals surface area contributed by atoms with Gasteiger partial charge in [0.05, 0.1) is 37.3 Å². The summed E-state index contributed by atoms with van der Waals surface area (Å²) in [4.78, 5) is 8.45. The molecule has 1 radical (unpaired) electrons. The summed E-state index contributed by atoms with van der Waals surface area (Å²) >= 11 is 4.19. The number of hydrogen-bond acceptors (Lipinski definition) is 1. The van der Waals surface area contributed by atoms with E-state index in [1.165, 1.54) is 10.6 Å². The van der Waals surface area contributed by atoms with Crippen LogP contribution in [0.25, 0.3) is 0 Å². The standard InChI is InChI=1S/2C8H11P.CClO.Rh/c2*1-9(2)8-6-4-3-5-7-8;2-1-3;/h2*3-7H,1-2H3;;/q;;-1;/p+2. The van der Waals surface area contributed by atoms with Crippen LogP contribution in [-0.4, -0.2) is 32.4 Å². The van der Waals surface area contributed by atoms with E-state index in [9.17, 15) is 0 Å². The molecule has 0 aromatic heterocycles. The molecule has 0 N–H and O–H groups in total. The molecule has 22 heavy (non-hydrogen) atoms. The number of halogens is 1. The van der Waals surface area contributed by atoms with E-state index in [0.717, 1.165) is 5.75 Å². The quantitative estimate of drug-likeness (QED) is 0.298. The molecule has 0 saturated carbocycles. The second-order valence-corrected chi connectivity index (χ2v) is 10.1. The Morgan fingerprint density at radius 3 is 1.09 bits per heavy atom. The van der Waals surface area contributed by atoms with Crippen molar-refractivity contribution in [3.8, 4) is 0 Å². The van der Waals surface area contributed by atoms with Crippen LogP contribution in [0, 0.1) is 0 Å². The Morgan fingerprint density at radius 1 is 0.727 bits per heavy atom. The number of hydrogen-bond donors (Lipinski definition) is 0. The first-order valence-corrected chi connectivity index (χ1v) is 12.1. The molecule has 0 atom stereocenters. The SMILES string of the molecule is C[PH+](C)c1ccccc1.C[PH+](C)c1ccccc1.O=[C-]Cl.[Rh]. The fraction of sp³-hybridized carbons (Fsp3) is 0.235. The second kappa shape index (κ2) is 15.8. The molecule has 0 heterocycles. The zero-order valence-corrected chi connectivity index (χ0v) is 17.8. The van der Waals surface area contributed by atoms with Crippen molar-refractivity contribution in [1.82, 2.24) is 0 Å². The molecule has 0 aliphatic carbocycles. The largest absolute Gasteiger partial charge is 0.525 e. The van der Waals surface area contributed by atoms with Gasteiger partial charge in [-0.05, 0) is 24.3 Å². The summed E-state index contributed by atoms with van der Waals surface area (Å²) in [6.45, 7) is 9.22. The molecule has 0 bridgehead atoms. The van der Waals surface area contributed by atoms with Gasteiger partial charge in [-0.2, -0.15) is 5.75 Å². The molecule has 2 rings (SSSR count). The predicted molar refractivity (Wildman–Crippen MR) is 104 cm³/mol. The predicted octanol–water partition coefficient (Wildman–Crippen LogP) is 3.86. The van der Waals surface area contributed by atoms with Crippen molar-refractivity contribution in [1.29, 1.82) is 0 Å². The minimum atomic E-state index is -0.212. The van der Waals surface area contributed by atoms with Gasteiger partial charge in [0.2, 0.25) is 0 Å². The minimum absolute atomic E-state index is 0. The third-order valence-corrected chi connectivity index (χ3v) is 5.68. The van der Waals surface area contributed by atoms with Crippen LogP contribution in [0.2, 0.25) is 0 Å². The molecule has 0 aliphatic rings. The van der Waals surface area contributed by atoms with Gasteiger partial charge >= 0.3 is 0 Å². The van der Waals surface area contributed by atoms with Crippen LogP contribution in [0.15, 0.2) is 60.7 Å². The minimum Gasteiger partial charge on any atom is -0.525 e. The van der Waals surface area contributed by atoms with Crippen molar-refractivity contribution in [3.63, 3.8) is 0 Å². The summed E-state index contributed by atoms with van der Waals surface area (Å²) in [7, 11) is -0.424. The van der Waals surface area contributed by atoms with E-state index in [1.54, 1.807) is 0 Å². The molecule has 2 aromatic carbocycles. The third kappa shape index (κ3) is 12.4. The van der Waals surface area contributed by atoms with Crippen LogP contribution in [0.3, 0.4) is 0 Å². The van der Waals surface area contributed by atoms with Crippen LogP contribution in [-0.2, 0) is 24.3 Å². The normalized spacial score (nSPS) is 8.86. The van der Waals surface area contributed by atoms with Crippen LogP contribution in [0.1, 0.15) is 0 Å². The van der Waals surface area contributed by atoms with E-state index in [2.05, 4.69) is 98.9 Å². The average Bonchev–Trinajstić information content (AvgIpc) is 2.50. The van der Waals surface area contributed by atoms with Gasteiger partial charge in [-0.3, -0.25) is 0 Å². The zero-order chi connectivity index (χ0) is 16.1. The maximum atomic E-state index is 8.45. The molecule has 0 unspecified atom stereocenters. The molecule has 0 saturated heterocycles. The Hall–Kier alpha value is -0.117.